The van der Waals surface area contributed by atoms with Crippen LogP contribution in [-0.2, 0) is 9.53 Å². The van der Waals surface area contributed by atoms with E-state index in [-0.39, 0.29) is 11.5 Å². The molecular weight excluding hydrogens is 308 g/mol. The minimum absolute atomic E-state index is 0.157. The molecule has 2 rings (SSSR count). The van der Waals surface area contributed by atoms with E-state index in [1.807, 2.05) is 30.3 Å². The van der Waals surface area contributed by atoms with Crippen molar-refractivity contribution >= 4 is 27.9 Å². The first-order valence-corrected chi connectivity index (χ1v) is 6.74. The number of nitrogens with zero attached hydrogens (tertiary/aromatic N) is 2. The van der Waals surface area contributed by atoms with Crippen LogP contribution in [0.5, 0.6) is 0 Å². The summed E-state index contributed by atoms with van der Waals surface area (Å²) in [5.74, 6) is -0.228. The lowest BCUT2D eigenvalue weighted by Crippen LogP contribution is -2.41. The lowest BCUT2D eigenvalue weighted by atomic mass is 10.1. The number of morpholine rings is 1. The van der Waals surface area contributed by atoms with Gasteiger partial charge in [0, 0.05) is 17.6 Å². The van der Waals surface area contributed by atoms with Crippen molar-refractivity contribution in [1.29, 1.82) is 5.26 Å². The van der Waals surface area contributed by atoms with Crippen LogP contribution in [0.2, 0.25) is 0 Å². The molecule has 1 fully saturated rings. The van der Waals surface area contributed by atoms with Crippen molar-refractivity contribution in [3.05, 3.63) is 39.9 Å². The van der Waals surface area contributed by atoms with E-state index >= 15 is 0 Å². The minimum Gasteiger partial charge on any atom is -0.378 e. The molecule has 0 aromatic heterocycles. The fourth-order valence-corrected chi connectivity index (χ4v) is 2.07. The Morgan fingerprint density at radius 1 is 1.32 bits per heavy atom. The van der Waals surface area contributed by atoms with Gasteiger partial charge in [-0.1, -0.05) is 28.1 Å². The second-order valence-corrected chi connectivity index (χ2v) is 5.04. The molecule has 5 heteroatoms. The topological polar surface area (TPSA) is 53.3 Å². The summed E-state index contributed by atoms with van der Waals surface area (Å²) < 4.78 is 6.15. The van der Waals surface area contributed by atoms with Crippen molar-refractivity contribution in [3.8, 4) is 6.07 Å². The van der Waals surface area contributed by atoms with Crippen LogP contribution in [0.3, 0.4) is 0 Å². The third kappa shape index (κ3) is 3.66. The smallest absolute Gasteiger partial charge is 0.264 e. The third-order valence-corrected chi connectivity index (χ3v) is 3.36. The summed E-state index contributed by atoms with van der Waals surface area (Å²) in [5, 5.41) is 9.14. The van der Waals surface area contributed by atoms with Crippen molar-refractivity contribution in [3.63, 3.8) is 0 Å². The van der Waals surface area contributed by atoms with Crippen LogP contribution in [0, 0.1) is 11.3 Å². The Bertz CT molecular complexity index is 525. The summed E-state index contributed by atoms with van der Waals surface area (Å²) >= 11 is 3.35. The fraction of sp³-hybridized carbons (Fsp3) is 0.286. The molecule has 0 atom stereocenters. The van der Waals surface area contributed by atoms with E-state index < -0.39 is 0 Å². The van der Waals surface area contributed by atoms with E-state index in [1.54, 1.807) is 11.0 Å². The zero-order chi connectivity index (χ0) is 13.7. The van der Waals surface area contributed by atoms with Crippen molar-refractivity contribution in [2.45, 2.75) is 0 Å². The normalized spacial score (nSPS) is 16.0. The molecule has 0 radical (unpaired) electrons. The quantitative estimate of drug-likeness (QED) is 0.620. The highest BCUT2D eigenvalue weighted by Gasteiger charge is 2.20. The van der Waals surface area contributed by atoms with Crippen LogP contribution < -0.4 is 0 Å². The highest BCUT2D eigenvalue weighted by molar-refractivity contribution is 9.10. The molecule has 0 saturated carbocycles. The second kappa shape index (κ2) is 6.50. The maximum atomic E-state index is 12.2. The molecule has 0 aliphatic carbocycles. The Hall–Kier alpha value is -1.64. The Balaban J connectivity index is 2.17. The number of carbonyl (C=O) groups is 1. The van der Waals surface area contributed by atoms with E-state index in [0.717, 1.165) is 10.0 Å². The molecule has 0 N–H and O–H groups in total. The van der Waals surface area contributed by atoms with Crippen molar-refractivity contribution < 1.29 is 9.53 Å². The highest BCUT2D eigenvalue weighted by Crippen LogP contribution is 2.14. The first-order valence-electron chi connectivity index (χ1n) is 5.95. The number of hydrogen-bond acceptors (Lipinski definition) is 3. The predicted molar refractivity (Wildman–Crippen MR) is 75.1 cm³/mol. The van der Waals surface area contributed by atoms with Gasteiger partial charge < -0.3 is 9.64 Å². The van der Waals surface area contributed by atoms with Gasteiger partial charge in [0.1, 0.15) is 11.6 Å². The fourth-order valence-electron chi connectivity index (χ4n) is 1.80. The van der Waals surface area contributed by atoms with Crippen LogP contribution in [0.25, 0.3) is 6.08 Å². The van der Waals surface area contributed by atoms with Gasteiger partial charge >= 0.3 is 0 Å². The van der Waals surface area contributed by atoms with Gasteiger partial charge in [0.2, 0.25) is 0 Å². The first-order chi connectivity index (χ1) is 9.20. The summed E-state index contributed by atoms with van der Waals surface area (Å²) in [7, 11) is 0. The van der Waals surface area contributed by atoms with Gasteiger partial charge in [-0.15, -0.1) is 0 Å². The Morgan fingerprint density at radius 2 is 1.95 bits per heavy atom. The molecule has 1 amide bonds. The van der Waals surface area contributed by atoms with Gasteiger partial charge in [-0.2, -0.15) is 5.26 Å². The van der Waals surface area contributed by atoms with Crippen LogP contribution in [0.4, 0.5) is 0 Å². The third-order valence-electron chi connectivity index (χ3n) is 2.83. The molecule has 1 aromatic rings. The zero-order valence-corrected chi connectivity index (χ0v) is 11.9. The number of nitriles is 1. The molecule has 0 spiro atoms. The molecule has 1 saturated heterocycles. The second-order valence-electron chi connectivity index (χ2n) is 4.13. The minimum atomic E-state index is -0.228. The highest BCUT2D eigenvalue weighted by atomic mass is 79.9. The molecule has 0 bridgehead atoms. The molecular formula is C14H13BrN2O2. The van der Waals surface area contributed by atoms with E-state index in [0.29, 0.717) is 26.3 Å². The van der Waals surface area contributed by atoms with Crippen LogP contribution in [0.15, 0.2) is 34.3 Å². The lowest BCUT2D eigenvalue weighted by molar-refractivity contribution is -0.130. The van der Waals surface area contributed by atoms with Gasteiger partial charge in [-0.3, -0.25) is 4.79 Å². The molecule has 1 heterocycles. The molecule has 1 aromatic carbocycles. The maximum Gasteiger partial charge on any atom is 0.264 e. The van der Waals surface area contributed by atoms with Crippen LogP contribution >= 0.6 is 15.9 Å². The summed E-state index contributed by atoms with van der Waals surface area (Å²) in [4.78, 5) is 13.8. The van der Waals surface area contributed by atoms with Gasteiger partial charge in [0.15, 0.2) is 0 Å². The van der Waals surface area contributed by atoms with Gasteiger partial charge in [0.25, 0.3) is 5.91 Å². The Kier molecular flexibility index (Phi) is 4.72. The average molecular weight is 321 g/mol. The van der Waals surface area contributed by atoms with E-state index in [4.69, 9.17) is 10.00 Å². The van der Waals surface area contributed by atoms with E-state index in [1.165, 1.54) is 0 Å². The number of ether oxygens (including phenoxy) is 1. The number of halogens is 1. The molecule has 1 aliphatic heterocycles. The molecule has 98 valence electrons. The van der Waals surface area contributed by atoms with E-state index in [2.05, 4.69) is 15.9 Å². The largest absolute Gasteiger partial charge is 0.378 e. The van der Waals surface area contributed by atoms with Crippen molar-refractivity contribution in [2.24, 2.45) is 0 Å². The number of benzene rings is 1. The van der Waals surface area contributed by atoms with Gasteiger partial charge in [0.05, 0.1) is 13.2 Å². The average Bonchev–Trinajstić information content (AvgIpc) is 2.47. The van der Waals surface area contributed by atoms with Crippen molar-refractivity contribution in [1.82, 2.24) is 4.90 Å². The van der Waals surface area contributed by atoms with Gasteiger partial charge in [-0.05, 0) is 23.8 Å². The Labute approximate surface area is 120 Å². The van der Waals surface area contributed by atoms with Crippen LogP contribution in [0.1, 0.15) is 5.56 Å². The summed E-state index contributed by atoms with van der Waals surface area (Å²) in [6.45, 7) is 2.14. The molecule has 1 aliphatic rings. The lowest BCUT2D eigenvalue weighted by Gasteiger charge is -2.26. The molecule has 4 nitrogen and oxygen atoms in total. The monoisotopic (exact) mass is 320 g/mol. The number of hydrogen-bond donors (Lipinski definition) is 0. The standard InChI is InChI=1S/C14H13BrN2O2/c15-13-3-1-11(2-4-13)9-12(10-16)14(18)17-5-7-19-8-6-17/h1-4,9H,5-8H2/b12-9+. The predicted octanol–water partition coefficient (Wildman–Crippen LogP) is 2.21. The maximum absolute atomic E-state index is 12.2. The Morgan fingerprint density at radius 3 is 2.53 bits per heavy atom. The summed E-state index contributed by atoms with van der Waals surface area (Å²) in [6, 6.07) is 9.44. The zero-order valence-electron chi connectivity index (χ0n) is 10.3. The van der Waals surface area contributed by atoms with Gasteiger partial charge in [-0.25, -0.2) is 0 Å². The molecule has 0 unspecified atom stereocenters. The van der Waals surface area contributed by atoms with E-state index in [9.17, 15) is 4.79 Å². The van der Waals surface area contributed by atoms with Crippen molar-refractivity contribution in [2.75, 3.05) is 26.3 Å². The number of carbonyl (C=O) groups excluding carboxylic acids is 1. The first kappa shape index (κ1) is 13.8. The molecule has 19 heavy (non-hydrogen) atoms. The SMILES string of the molecule is N#C/C(=C\c1ccc(Br)cc1)C(=O)N1CCOCC1. The summed E-state index contributed by atoms with van der Waals surface area (Å²) in [5.41, 5.74) is 0.991. The number of rotatable bonds is 2. The summed E-state index contributed by atoms with van der Waals surface area (Å²) in [6.07, 6.45) is 1.62. The van der Waals surface area contributed by atoms with Crippen LogP contribution in [-0.4, -0.2) is 37.1 Å². The number of amides is 1.